The van der Waals surface area contributed by atoms with Crippen molar-refractivity contribution < 1.29 is 14.3 Å². The van der Waals surface area contributed by atoms with Crippen LogP contribution in [0.3, 0.4) is 0 Å². The molecule has 1 heterocycles. The van der Waals surface area contributed by atoms with E-state index < -0.39 is 12.1 Å². The average Bonchev–Trinajstić information content (AvgIpc) is 3.01. The van der Waals surface area contributed by atoms with E-state index in [1.807, 2.05) is 29.0 Å². The van der Waals surface area contributed by atoms with Crippen molar-refractivity contribution in [2.24, 2.45) is 0 Å². The number of hydrogen-bond acceptors (Lipinski definition) is 4. The van der Waals surface area contributed by atoms with Gasteiger partial charge in [-0.3, -0.25) is 4.79 Å². The third-order valence-corrected chi connectivity index (χ3v) is 3.96. The first kappa shape index (κ1) is 16.5. The van der Waals surface area contributed by atoms with Gasteiger partial charge < -0.3 is 10.1 Å². The van der Waals surface area contributed by atoms with Gasteiger partial charge in [-0.25, -0.2) is 4.79 Å². The van der Waals surface area contributed by atoms with E-state index in [0.717, 1.165) is 10.0 Å². The van der Waals surface area contributed by atoms with Gasteiger partial charge in [-0.15, -0.1) is 0 Å². The smallest absolute Gasteiger partial charge is 0.331 e. The Labute approximate surface area is 140 Å². The molecular formula is C16H14BrNO3S. The summed E-state index contributed by atoms with van der Waals surface area (Å²) in [5, 5.41) is 6.51. The van der Waals surface area contributed by atoms with Crippen LogP contribution >= 0.6 is 27.3 Å². The molecule has 22 heavy (non-hydrogen) atoms. The second kappa shape index (κ2) is 7.91. The van der Waals surface area contributed by atoms with Crippen LogP contribution in [0.25, 0.3) is 6.08 Å². The minimum Gasteiger partial charge on any atom is -0.449 e. The molecule has 1 aromatic carbocycles. The molecule has 0 aliphatic rings. The van der Waals surface area contributed by atoms with Gasteiger partial charge in [0.1, 0.15) is 0 Å². The molecule has 114 valence electrons. The van der Waals surface area contributed by atoms with Gasteiger partial charge in [-0.05, 0) is 59.7 Å². The summed E-state index contributed by atoms with van der Waals surface area (Å²) in [6.07, 6.45) is 2.09. The zero-order chi connectivity index (χ0) is 15.9. The Morgan fingerprint density at radius 3 is 2.64 bits per heavy atom. The third kappa shape index (κ3) is 5.13. The number of halogens is 1. The lowest BCUT2D eigenvalue weighted by Crippen LogP contribution is -2.29. The van der Waals surface area contributed by atoms with Gasteiger partial charge in [0, 0.05) is 16.2 Å². The van der Waals surface area contributed by atoms with Crippen LogP contribution in [0.1, 0.15) is 12.5 Å². The largest absolute Gasteiger partial charge is 0.449 e. The molecule has 0 saturated carbocycles. The first-order chi connectivity index (χ1) is 10.5. The van der Waals surface area contributed by atoms with Crippen LogP contribution in [0.15, 0.2) is 51.6 Å². The number of ether oxygens (including phenoxy) is 1. The summed E-state index contributed by atoms with van der Waals surface area (Å²) in [7, 11) is 0. The molecule has 0 bridgehead atoms. The molecule has 2 rings (SSSR count). The number of carbonyl (C=O) groups is 2. The average molecular weight is 380 g/mol. The summed E-state index contributed by atoms with van der Waals surface area (Å²) in [6, 6.07) is 9.03. The molecule has 0 unspecified atom stereocenters. The highest BCUT2D eigenvalue weighted by molar-refractivity contribution is 9.10. The first-order valence-electron chi connectivity index (χ1n) is 6.52. The molecule has 1 N–H and O–H groups in total. The zero-order valence-electron chi connectivity index (χ0n) is 11.8. The van der Waals surface area contributed by atoms with Crippen molar-refractivity contribution in [1.29, 1.82) is 0 Å². The Morgan fingerprint density at radius 2 is 2.00 bits per heavy atom. The first-order valence-corrected chi connectivity index (χ1v) is 8.25. The molecule has 1 atom stereocenters. The number of hydrogen-bond donors (Lipinski definition) is 1. The predicted octanol–water partition coefficient (Wildman–Crippen LogP) is 4.09. The molecule has 2 aromatic rings. The topological polar surface area (TPSA) is 55.4 Å². The molecule has 0 aliphatic carbocycles. The molecule has 0 fully saturated rings. The predicted molar refractivity (Wildman–Crippen MR) is 91.7 cm³/mol. The van der Waals surface area contributed by atoms with E-state index in [1.165, 1.54) is 13.0 Å². The summed E-state index contributed by atoms with van der Waals surface area (Å²) in [5.41, 5.74) is 1.57. The highest BCUT2D eigenvalue weighted by Gasteiger charge is 2.16. The zero-order valence-corrected chi connectivity index (χ0v) is 14.2. The van der Waals surface area contributed by atoms with Gasteiger partial charge in [-0.2, -0.15) is 11.3 Å². The quantitative estimate of drug-likeness (QED) is 0.628. The van der Waals surface area contributed by atoms with Crippen LogP contribution in [-0.4, -0.2) is 18.0 Å². The molecule has 1 aromatic heterocycles. The van der Waals surface area contributed by atoms with Crippen molar-refractivity contribution in [2.75, 3.05) is 5.32 Å². The van der Waals surface area contributed by atoms with Gasteiger partial charge in [0.25, 0.3) is 5.91 Å². The molecule has 0 spiro atoms. The Kier molecular flexibility index (Phi) is 5.91. The SMILES string of the molecule is C[C@@H](OC(=O)/C=C/c1ccsc1)C(=O)Nc1ccc(Br)cc1. The van der Waals surface area contributed by atoms with E-state index in [1.54, 1.807) is 29.5 Å². The number of nitrogens with one attached hydrogen (secondary N) is 1. The van der Waals surface area contributed by atoms with E-state index in [9.17, 15) is 9.59 Å². The summed E-state index contributed by atoms with van der Waals surface area (Å²) >= 11 is 4.86. The standard InChI is InChI=1S/C16H14BrNO3S/c1-11(16(20)18-14-5-3-13(17)4-6-14)21-15(19)7-2-12-8-9-22-10-12/h2-11H,1H3,(H,18,20)/b7-2+/t11-/m1/s1. The molecule has 0 saturated heterocycles. The van der Waals surface area contributed by atoms with Crippen molar-refractivity contribution in [2.45, 2.75) is 13.0 Å². The molecular weight excluding hydrogens is 366 g/mol. The van der Waals surface area contributed by atoms with Crippen molar-refractivity contribution in [1.82, 2.24) is 0 Å². The van der Waals surface area contributed by atoms with Crippen molar-refractivity contribution >= 4 is 50.9 Å². The number of amides is 1. The normalized spacial score (nSPS) is 12.1. The number of rotatable bonds is 5. The van der Waals surface area contributed by atoms with Gasteiger partial charge >= 0.3 is 5.97 Å². The van der Waals surface area contributed by atoms with Crippen LogP contribution in [0, 0.1) is 0 Å². The molecule has 6 heteroatoms. The lowest BCUT2D eigenvalue weighted by molar-refractivity contribution is -0.148. The van der Waals surface area contributed by atoms with Gasteiger partial charge in [-0.1, -0.05) is 15.9 Å². The Bertz CT molecular complexity index is 665. The lowest BCUT2D eigenvalue weighted by Gasteiger charge is -2.12. The fourth-order valence-electron chi connectivity index (χ4n) is 1.58. The maximum atomic E-state index is 11.9. The Morgan fingerprint density at radius 1 is 1.27 bits per heavy atom. The van der Waals surface area contributed by atoms with Crippen LogP contribution in [0.5, 0.6) is 0 Å². The van der Waals surface area contributed by atoms with E-state index in [4.69, 9.17) is 4.74 Å². The molecule has 1 amide bonds. The minimum atomic E-state index is -0.872. The summed E-state index contributed by atoms with van der Waals surface area (Å²) in [4.78, 5) is 23.6. The summed E-state index contributed by atoms with van der Waals surface area (Å²) in [5.74, 6) is -0.927. The fourth-order valence-corrected chi connectivity index (χ4v) is 2.47. The Hall–Kier alpha value is -1.92. The van der Waals surface area contributed by atoms with Gasteiger partial charge in [0.15, 0.2) is 6.10 Å². The maximum Gasteiger partial charge on any atom is 0.331 e. The summed E-state index contributed by atoms with van der Waals surface area (Å²) in [6.45, 7) is 1.53. The van der Waals surface area contributed by atoms with Crippen LogP contribution < -0.4 is 5.32 Å². The number of carbonyl (C=O) groups excluding carboxylic acids is 2. The number of thiophene rings is 1. The Balaban J connectivity index is 1.85. The van der Waals surface area contributed by atoms with E-state index in [2.05, 4.69) is 21.2 Å². The molecule has 0 radical (unpaired) electrons. The highest BCUT2D eigenvalue weighted by Crippen LogP contribution is 2.14. The van der Waals surface area contributed by atoms with Crippen LogP contribution in [0.4, 0.5) is 5.69 Å². The second-order valence-electron chi connectivity index (χ2n) is 4.47. The van der Waals surface area contributed by atoms with Crippen molar-refractivity contribution in [3.05, 3.63) is 57.2 Å². The fraction of sp³-hybridized carbons (Fsp3) is 0.125. The van der Waals surface area contributed by atoms with Crippen molar-refractivity contribution in [3.8, 4) is 0 Å². The summed E-state index contributed by atoms with van der Waals surface area (Å²) < 4.78 is 5.98. The second-order valence-corrected chi connectivity index (χ2v) is 6.16. The molecule has 0 aliphatic heterocycles. The highest BCUT2D eigenvalue weighted by atomic mass is 79.9. The van der Waals surface area contributed by atoms with E-state index in [-0.39, 0.29) is 5.91 Å². The van der Waals surface area contributed by atoms with E-state index in [0.29, 0.717) is 5.69 Å². The third-order valence-electron chi connectivity index (χ3n) is 2.73. The lowest BCUT2D eigenvalue weighted by atomic mass is 10.3. The van der Waals surface area contributed by atoms with Gasteiger partial charge in [0.05, 0.1) is 0 Å². The monoisotopic (exact) mass is 379 g/mol. The number of esters is 1. The van der Waals surface area contributed by atoms with Crippen LogP contribution in [-0.2, 0) is 14.3 Å². The van der Waals surface area contributed by atoms with Crippen LogP contribution in [0.2, 0.25) is 0 Å². The number of anilines is 1. The van der Waals surface area contributed by atoms with E-state index >= 15 is 0 Å². The maximum absolute atomic E-state index is 11.9. The molecule has 4 nitrogen and oxygen atoms in total. The van der Waals surface area contributed by atoms with Gasteiger partial charge in [0.2, 0.25) is 0 Å². The minimum absolute atomic E-state index is 0.375. The van der Waals surface area contributed by atoms with Crippen molar-refractivity contribution in [3.63, 3.8) is 0 Å². The number of benzene rings is 1.